The molecule has 0 saturated carbocycles. The molecule has 16 heavy (non-hydrogen) atoms. The summed E-state index contributed by atoms with van der Waals surface area (Å²) in [5, 5.41) is 0. The topological polar surface area (TPSA) is 47.7 Å². The van der Waals surface area contributed by atoms with Gasteiger partial charge in [-0.25, -0.2) is 0 Å². The molecule has 0 aromatic heterocycles. The zero-order valence-corrected chi connectivity index (χ0v) is 10.7. The molecule has 1 aliphatic rings. The summed E-state index contributed by atoms with van der Waals surface area (Å²) in [6.45, 7) is 4.38. The second kappa shape index (κ2) is 8.01. The van der Waals surface area contributed by atoms with Gasteiger partial charge in [-0.3, -0.25) is 0 Å². The lowest BCUT2D eigenvalue weighted by atomic mass is 9.92. The van der Waals surface area contributed by atoms with Gasteiger partial charge in [-0.05, 0) is 32.2 Å². The molecule has 0 aromatic rings. The third kappa shape index (κ3) is 4.37. The lowest BCUT2D eigenvalue weighted by Crippen LogP contribution is -2.46. The van der Waals surface area contributed by atoms with Crippen LogP contribution in [0.2, 0.25) is 0 Å². The predicted octanol–water partition coefficient (Wildman–Crippen LogP) is 0.709. The Morgan fingerprint density at radius 1 is 1.56 bits per heavy atom. The average Bonchev–Trinajstić information content (AvgIpc) is 2.32. The second-order valence-electron chi connectivity index (χ2n) is 4.61. The van der Waals surface area contributed by atoms with Gasteiger partial charge in [-0.15, -0.1) is 0 Å². The van der Waals surface area contributed by atoms with Crippen LogP contribution in [0.3, 0.4) is 0 Å². The Kier molecular flexibility index (Phi) is 6.96. The van der Waals surface area contributed by atoms with Crippen molar-refractivity contribution in [2.24, 2.45) is 11.7 Å². The standard InChI is InChI=1S/C12H26N2O2/c1-14(6-4-7-15-2)12(9-13)11-5-3-8-16-10-11/h11-12H,3-10,13H2,1-2H3. The molecule has 0 amide bonds. The van der Waals surface area contributed by atoms with Crippen molar-refractivity contribution in [1.29, 1.82) is 0 Å². The Morgan fingerprint density at radius 2 is 2.38 bits per heavy atom. The van der Waals surface area contributed by atoms with Gasteiger partial charge < -0.3 is 20.1 Å². The Bertz CT molecular complexity index is 172. The number of hydrogen-bond acceptors (Lipinski definition) is 4. The van der Waals surface area contributed by atoms with E-state index in [0.29, 0.717) is 12.0 Å². The maximum Gasteiger partial charge on any atom is 0.0509 e. The summed E-state index contributed by atoms with van der Waals surface area (Å²) in [5.41, 5.74) is 5.88. The highest BCUT2D eigenvalue weighted by molar-refractivity contribution is 4.80. The summed E-state index contributed by atoms with van der Waals surface area (Å²) in [6, 6.07) is 0.456. The van der Waals surface area contributed by atoms with Gasteiger partial charge in [0.15, 0.2) is 0 Å². The first-order valence-corrected chi connectivity index (χ1v) is 6.26. The van der Waals surface area contributed by atoms with Gasteiger partial charge in [0.05, 0.1) is 6.61 Å². The van der Waals surface area contributed by atoms with Crippen LogP contribution in [0, 0.1) is 5.92 Å². The molecule has 1 fully saturated rings. The van der Waals surface area contributed by atoms with Gasteiger partial charge in [0.2, 0.25) is 0 Å². The Morgan fingerprint density at radius 3 is 2.94 bits per heavy atom. The SMILES string of the molecule is COCCCN(C)C(CN)C1CCCOC1. The van der Waals surface area contributed by atoms with E-state index >= 15 is 0 Å². The molecule has 2 unspecified atom stereocenters. The Labute approximate surface area is 99.1 Å². The van der Waals surface area contributed by atoms with Gasteiger partial charge in [0.25, 0.3) is 0 Å². The number of nitrogens with zero attached hydrogens (tertiary/aromatic N) is 1. The molecular weight excluding hydrogens is 204 g/mol. The smallest absolute Gasteiger partial charge is 0.0509 e. The average molecular weight is 230 g/mol. The number of likely N-dealkylation sites (N-methyl/N-ethyl adjacent to an activating group) is 1. The van der Waals surface area contributed by atoms with Crippen molar-refractivity contribution in [3.05, 3.63) is 0 Å². The fourth-order valence-corrected chi connectivity index (χ4v) is 2.43. The summed E-state index contributed by atoms with van der Waals surface area (Å²) in [7, 11) is 3.90. The minimum absolute atomic E-state index is 0.456. The molecule has 1 rings (SSSR count). The lowest BCUT2D eigenvalue weighted by molar-refractivity contribution is 0.0158. The first kappa shape index (κ1) is 13.9. The zero-order valence-electron chi connectivity index (χ0n) is 10.7. The fourth-order valence-electron chi connectivity index (χ4n) is 2.43. The molecule has 2 N–H and O–H groups in total. The maximum absolute atomic E-state index is 5.88. The number of nitrogens with two attached hydrogens (primary N) is 1. The fraction of sp³-hybridized carbons (Fsp3) is 1.00. The van der Waals surface area contributed by atoms with Crippen molar-refractivity contribution in [2.45, 2.75) is 25.3 Å². The molecule has 4 nitrogen and oxygen atoms in total. The van der Waals surface area contributed by atoms with Gasteiger partial charge >= 0.3 is 0 Å². The summed E-state index contributed by atoms with van der Waals surface area (Å²) >= 11 is 0. The number of hydrogen-bond donors (Lipinski definition) is 1. The highest BCUT2D eigenvalue weighted by Gasteiger charge is 2.25. The molecule has 96 valence electrons. The van der Waals surface area contributed by atoms with Gasteiger partial charge in [0, 0.05) is 39.5 Å². The van der Waals surface area contributed by atoms with E-state index in [9.17, 15) is 0 Å². The minimum atomic E-state index is 0.456. The molecule has 0 aliphatic carbocycles. The molecule has 4 heteroatoms. The van der Waals surface area contributed by atoms with E-state index in [-0.39, 0.29) is 0 Å². The van der Waals surface area contributed by atoms with Crippen LogP contribution in [0.25, 0.3) is 0 Å². The monoisotopic (exact) mass is 230 g/mol. The van der Waals surface area contributed by atoms with Crippen LogP contribution in [0.5, 0.6) is 0 Å². The van der Waals surface area contributed by atoms with Crippen molar-refractivity contribution < 1.29 is 9.47 Å². The number of ether oxygens (including phenoxy) is 2. The van der Waals surface area contributed by atoms with Crippen molar-refractivity contribution >= 4 is 0 Å². The summed E-state index contributed by atoms with van der Waals surface area (Å²) < 4.78 is 10.6. The van der Waals surface area contributed by atoms with E-state index in [1.165, 1.54) is 12.8 Å². The first-order chi connectivity index (χ1) is 7.79. The predicted molar refractivity (Wildman–Crippen MR) is 65.5 cm³/mol. The van der Waals surface area contributed by atoms with Crippen LogP contribution >= 0.6 is 0 Å². The van der Waals surface area contributed by atoms with Crippen LogP contribution < -0.4 is 5.73 Å². The van der Waals surface area contributed by atoms with Gasteiger partial charge in [-0.2, -0.15) is 0 Å². The number of rotatable bonds is 7. The minimum Gasteiger partial charge on any atom is -0.385 e. The van der Waals surface area contributed by atoms with Crippen LogP contribution in [0.15, 0.2) is 0 Å². The third-order valence-electron chi connectivity index (χ3n) is 3.41. The van der Waals surface area contributed by atoms with E-state index < -0.39 is 0 Å². The molecule has 2 atom stereocenters. The third-order valence-corrected chi connectivity index (χ3v) is 3.41. The van der Waals surface area contributed by atoms with Gasteiger partial charge in [-0.1, -0.05) is 0 Å². The van der Waals surface area contributed by atoms with Gasteiger partial charge in [0.1, 0.15) is 0 Å². The molecule has 0 aromatic carbocycles. The van der Waals surface area contributed by atoms with E-state index in [2.05, 4.69) is 11.9 Å². The lowest BCUT2D eigenvalue weighted by Gasteiger charge is -2.35. The highest BCUT2D eigenvalue weighted by atomic mass is 16.5. The molecule has 0 bridgehead atoms. The van der Waals surface area contributed by atoms with Crippen LogP contribution in [0.1, 0.15) is 19.3 Å². The molecule has 1 saturated heterocycles. The van der Waals surface area contributed by atoms with Crippen molar-refractivity contribution in [2.75, 3.05) is 47.1 Å². The van der Waals surface area contributed by atoms with Crippen molar-refractivity contribution in [3.63, 3.8) is 0 Å². The van der Waals surface area contributed by atoms with E-state index in [1.807, 2.05) is 0 Å². The normalized spacial score (nSPS) is 23.6. The second-order valence-corrected chi connectivity index (χ2v) is 4.61. The molecule has 1 heterocycles. The highest BCUT2D eigenvalue weighted by Crippen LogP contribution is 2.20. The largest absolute Gasteiger partial charge is 0.385 e. The first-order valence-electron chi connectivity index (χ1n) is 6.26. The molecule has 0 radical (unpaired) electrons. The quantitative estimate of drug-likeness (QED) is 0.654. The number of methoxy groups -OCH3 is 1. The van der Waals surface area contributed by atoms with Crippen LogP contribution in [-0.2, 0) is 9.47 Å². The van der Waals surface area contributed by atoms with Crippen LogP contribution in [-0.4, -0.2) is 58.0 Å². The molecule has 0 spiro atoms. The van der Waals surface area contributed by atoms with E-state index in [0.717, 1.165) is 39.3 Å². The maximum atomic E-state index is 5.88. The van der Waals surface area contributed by atoms with Crippen LogP contribution in [0.4, 0.5) is 0 Å². The summed E-state index contributed by atoms with van der Waals surface area (Å²) in [6.07, 6.45) is 3.49. The van der Waals surface area contributed by atoms with Crippen molar-refractivity contribution in [1.82, 2.24) is 4.90 Å². The van der Waals surface area contributed by atoms with Crippen molar-refractivity contribution in [3.8, 4) is 0 Å². The molecule has 1 aliphatic heterocycles. The van der Waals surface area contributed by atoms with E-state index in [1.54, 1.807) is 7.11 Å². The van der Waals surface area contributed by atoms with E-state index in [4.69, 9.17) is 15.2 Å². The Balaban J connectivity index is 2.32. The summed E-state index contributed by atoms with van der Waals surface area (Å²) in [4.78, 5) is 2.36. The Hall–Kier alpha value is -0.160. The zero-order chi connectivity index (χ0) is 11.8. The summed E-state index contributed by atoms with van der Waals surface area (Å²) in [5.74, 6) is 0.603. The molecular formula is C12H26N2O2.